The van der Waals surface area contributed by atoms with Gasteiger partial charge in [-0.25, -0.2) is 0 Å². The van der Waals surface area contributed by atoms with E-state index >= 15 is 0 Å². The van der Waals surface area contributed by atoms with E-state index in [0.717, 1.165) is 42.2 Å². The summed E-state index contributed by atoms with van der Waals surface area (Å²) in [6, 6.07) is 4.42. The van der Waals surface area contributed by atoms with Crippen LogP contribution in [-0.4, -0.2) is 38.2 Å². The first kappa shape index (κ1) is 10.2. The monoisotopic (exact) mass is 245 g/mol. The Balaban J connectivity index is 1.81. The summed E-state index contributed by atoms with van der Waals surface area (Å²) in [5.41, 5.74) is 2.99. The van der Waals surface area contributed by atoms with Gasteiger partial charge in [0, 0.05) is 31.7 Å². The second-order valence-corrected chi connectivity index (χ2v) is 5.02. The molecule has 0 radical (unpaired) electrons. The Hall–Kier alpha value is -1.75. The molecule has 0 spiro atoms. The van der Waals surface area contributed by atoms with Gasteiger partial charge in [0.25, 0.3) is 5.91 Å². The van der Waals surface area contributed by atoms with E-state index in [1.54, 1.807) is 0 Å². The second-order valence-electron chi connectivity index (χ2n) is 5.02. The Labute approximate surface area is 105 Å². The van der Waals surface area contributed by atoms with E-state index in [1.165, 1.54) is 0 Å². The van der Waals surface area contributed by atoms with E-state index in [0.29, 0.717) is 19.2 Å². The van der Waals surface area contributed by atoms with Crippen molar-refractivity contribution in [3.63, 3.8) is 0 Å². The zero-order chi connectivity index (χ0) is 12.1. The summed E-state index contributed by atoms with van der Waals surface area (Å²) in [6.07, 6.45) is 0. The maximum atomic E-state index is 11.6. The van der Waals surface area contributed by atoms with Crippen molar-refractivity contribution in [2.45, 2.75) is 12.6 Å². The number of hydrogen-bond donors (Lipinski definition) is 2. The Morgan fingerprint density at radius 3 is 3.28 bits per heavy atom. The van der Waals surface area contributed by atoms with Crippen LogP contribution in [0.1, 0.15) is 15.9 Å². The third-order valence-corrected chi connectivity index (χ3v) is 3.96. The number of nitrogens with one attached hydrogen (secondary N) is 2. The zero-order valence-corrected chi connectivity index (χ0v) is 10.0. The first-order valence-electron chi connectivity index (χ1n) is 6.38. The van der Waals surface area contributed by atoms with Crippen LogP contribution in [-0.2, 0) is 6.54 Å². The molecule has 5 nitrogen and oxygen atoms in total. The van der Waals surface area contributed by atoms with Gasteiger partial charge in [0.15, 0.2) is 0 Å². The van der Waals surface area contributed by atoms with E-state index < -0.39 is 0 Å². The molecule has 3 heterocycles. The van der Waals surface area contributed by atoms with Gasteiger partial charge in [0.2, 0.25) is 0 Å². The lowest BCUT2D eigenvalue weighted by molar-refractivity contribution is 0.0965. The first-order valence-corrected chi connectivity index (χ1v) is 6.38. The number of anilines is 1. The van der Waals surface area contributed by atoms with Crippen molar-refractivity contribution in [3.8, 4) is 5.75 Å². The molecule has 4 rings (SSSR count). The van der Waals surface area contributed by atoms with Crippen LogP contribution in [0.2, 0.25) is 0 Å². The van der Waals surface area contributed by atoms with Crippen LogP contribution in [0.3, 0.4) is 0 Å². The number of carbonyl (C=O) groups is 1. The molecular weight excluding hydrogens is 230 g/mol. The van der Waals surface area contributed by atoms with Gasteiger partial charge in [-0.15, -0.1) is 0 Å². The molecule has 5 heteroatoms. The van der Waals surface area contributed by atoms with Crippen molar-refractivity contribution in [1.82, 2.24) is 10.6 Å². The highest BCUT2D eigenvalue weighted by molar-refractivity contribution is 5.99. The van der Waals surface area contributed by atoms with Gasteiger partial charge in [0.1, 0.15) is 12.4 Å². The summed E-state index contributed by atoms with van der Waals surface area (Å²) in [7, 11) is 0. The van der Waals surface area contributed by atoms with Crippen LogP contribution < -0.4 is 20.3 Å². The maximum absolute atomic E-state index is 11.6. The Morgan fingerprint density at radius 2 is 2.33 bits per heavy atom. The fourth-order valence-corrected chi connectivity index (χ4v) is 2.99. The molecule has 3 aliphatic rings. The normalized spacial score (nSPS) is 24.8. The molecular formula is C13H15N3O2. The smallest absolute Gasteiger partial charge is 0.252 e. The molecule has 1 fully saturated rings. The largest absolute Gasteiger partial charge is 0.489 e. The highest BCUT2D eigenvalue weighted by Gasteiger charge is 2.32. The highest BCUT2D eigenvalue weighted by Crippen LogP contribution is 2.37. The Bertz CT molecular complexity index is 529. The zero-order valence-electron chi connectivity index (χ0n) is 10.0. The minimum atomic E-state index is 0.0128. The number of ether oxygens (including phenoxy) is 1. The summed E-state index contributed by atoms with van der Waals surface area (Å²) >= 11 is 0. The van der Waals surface area contributed by atoms with Crippen molar-refractivity contribution >= 4 is 11.6 Å². The lowest BCUT2D eigenvalue weighted by Crippen LogP contribution is -2.55. The molecule has 0 saturated carbocycles. The number of hydrogen-bond acceptors (Lipinski definition) is 4. The van der Waals surface area contributed by atoms with Gasteiger partial charge in [-0.05, 0) is 17.7 Å². The minimum Gasteiger partial charge on any atom is -0.489 e. The number of nitrogens with zero attached hydrogens (tertiary/aromatic N) is 1. The van der Waals surface area contributed by atoms with Crippen LogP contribution >= 0.6 is 0 Å². The molecule has 0 aliphatic carbocycles. The molecule has 0 aromatic heterocycles. The predicted molar refractivity (Wildman–Crippen MR) is 67.1 cm³/mol. The van der Waals surface area contributed by atoms with Crippen LogP contribution in [0.5, 0.6) is 5.75 Å². The second kappa shape index (κ2) is 3.62. The number of carbonyl (C=O) groups excluding carboxylic acids is 1. The third kappa shape index (κ3) is 1.34. The van der Waals surface area contributed by atoms with Gasteiger partial charge in [0.05, 0.1) is 11.7 Å². The van der Waals surface area contributed by atoms with Gasteiger partial charge in [-0.1, -0.05) is 0 Å². The quantitative estimate of drug-likeness (QED) is 0.681. The Morgan fingerprint density at radius 1 is 1.39 bits per heavy atom. The lowest BCUT2D eigenvalue weighted by Gasteiger charge is -2.42. The third-order valence-electron chi connectivity index (χ3n) is 3.96. The predicted octanol–water partition coefficient (Wildman–Crippen LogP) is 0.101. The van der Waals surface area contributed by atoms with Crippen LogP contribution in [0.25, 0.3) is 0 Å². The highest BCUT2D eigenvalue weighted by atomic mass is 16.5. The van der Waals surface area contributed by atoms with E-state index in [9.17, 15) is 4.79 Å². The average molecular weight is 245 g/mol. The number of rotatable bonds is 0. The molecule has 1 aromatic rings. The topological polar surface area (TPSA) is 53.6 Å². The molecule has 2 N–H and O–H groups in total. The molecule has 0 unspecified atom stereocenters. The fourth-order valence-electron chi connectivity index (χ4n) is 2.99. The van der Waals surface area contributed by atoms with Crippen molar-refractivity contribution in [2.75, 3.05) is 31.1 Å². The van der Waals surface area contributed by atoms with Crippen LogP contribution in [0, 0.1) is 0 Å². The lowest BCUT2D eigenvalue weighted by atomic mass is 10.0. The van der Waals surface area contributed by atoms with Crippen LogP contribution in [0.4, 0.5) is 5.69 Å². The molecule has 0 bridgehead atoms. The van der Waals surface area contributed by atoms with E-state index in [4.69, 9.17) is 4.74 Å². The van der Waals surface area contributed by atoms with Crippen molar-refractivity contribution in [2.24, 2.45) is 0 Å². The van der Waals surface area contributed by atoms with Gasteiger partial charge in [-0.3, -0.25) is 4.79 Å². The SMILES string of the molecule is O=C1NCc2cc3c(cc21)OC[C@@H]1CNCCN31. The molecule has 3 aliphatic heterocycles. The summed E-state index contributed by atoms with van der Waals surface area (Å²) < 4.78 is 5.80. The van der Waals surface area contributed by atoms with Crippen molar-refractivity contribution in [1.29, 1.82) is 0 Å². The van der Waals surface area contributed by atoms with Gasteiger partial charge in [-0.2, -0.15) is 0 Å². The van der Waals surface area contributed by atoms with E-state index in [-0.39, 0.29) is 5.91 Å². The van der Waals surface area contributed by atoms with E-state index in [2.05, 4.69) is 21.6 Å². The maximum Gasteiger partial charge on any atom is 0.252 e. The summed E-state index contributed by atoms with van der Waals surface area (Å²) in [6.45, 7) is 4.30. The summed E-state index contributed by atoms with van der Waals surface area (Å²) in [5.74, 6) is 0.864. The molecule has 1 saturated heterocycles. The van der Waals surface area contributed by atoms with Gasteiger partial charge < -0.3 is 20.3 Å². The van der Waals surface area contributed by atoms with Crippen molar-refractivity contribution in [3.05, 3.63) is 23.3 Å². The van der Waals surface area contributed by atoms with E-state index in [1.807, 2.05) is 6.07 Å². The molecule has 1 aromatic carbocycles. The Kier molecular flexibility index (Phi) is 2.05. The molecule has 18 heavy (non-hydrogen) atoms. The number of fused-ring (bicyclic) bond motifs is 4. The summed E-state index contributed by atoms with van der Waals surface area (Å²) in [5, 5.41) is 6.24. The van der Waals surface area contributed by atoms with Gasteiger partial charge >= 0.3 is 0 Å². The number of benzene rings is 1. The average Bonchev–Trinajstić information content (AvgIpc) is 2.78. The van der Waals surface area contributed by atoms with Crippen molar-refractivity contribution < 1.29 is 9.53 Å². The summed E-state index contributed by atoms with van der Waals surface area (Å²) in [4.78, 5) is 14.0. The number of piperazine rings is 1. The minimum absolute atomic E-state index is 0.0128. The molecule has 1 atom stereocenters. The van der Waals surface area contributed by atoms with Crippen LogP contribution in [0.15, 0.2) is 12.1 Å². The molecule has 1 amide bonds. The standard InChI is InChI=1S/C13H15N3O2/c17-13-10-4-12-11(3-8(10)5-15-13)16-2-1-14-6-9(16)7-18-12/h3-4,9,14H,1-2,5-7H2,(H,15,17)/t9-/m0/s1. The number of amides is 1. The first-order chi connectivity index (χ1) is 8.83. The molecule has 94 valence electrons. The fraction of sp³-hybridized carbons (Fsp3) is 0.462.